The van der Waals surface area contributed by atoms with Gasteiger partial charge in [-0.15, -0.1) is 11.8 Å². The predicted octanol–water partition coefficient (Wildman–Crippen LogP) is 3.94. The third-order valence-electron chi connectivity index (χ3n) is 4.22. The van der Waals surface area contributed by atoms with Crippen LogP contribution in [0.25, 0.3) is 0 Å². The van der Waals surface area contributed by atoms with E-state index >= 15 is 0 Å². The quantitative estimate of drug-likeness (QED) is 0.561. The SMILES string of the molecule is COC(OC)c1ccc(SCCC2CCCCN2C)cc1. The minimum absolute atomic E-state index is 0.264. The van der Waals surface area contributed by atoms with Crippen molar-refractivity contribution in [2.45, 2.75) is 42.9 Å². The van der Waals surface area contributed by atoms with Gasteiger partial charge in [0.15, 0.2) is 6.29 Å². The summed E-state index contributed by atoms with van der Waals surface area (Å²) in [4.78, 5) is 3.85. The van der Waals surface area contributed by atoms with Crippen LogP contribution in [-0.4, -0.2) is 44.5 Å². The standard InChI is InChI=1S/C17H27NO2S/c1-18-12-5-4-6-15(18)11-13-21-16-9-7-14(8-10-16)17(19-2)20-3/h7-10,15,17H,4-6,11-13H2,1-3H3. The van der Waals surface area contributed by atoms with Crippen molar-refractivity contribution in [3.8, 4) is 0 Å². The molecule has 1 fully saturated rings. The van der Waals surface area contributed by atoms with Crippen molar-refractivity contribution in [3.63, 3.8) is 0 Å². The Morgan fingerprint density at radius 2 is 1.90 bits per heavy atom. The normalized spacial score (nSPS) is 20.1. The average molecular weight is 309 g/mol. The van der Waals surface area contributed by atoms with Gasteiger partial charge in [0.2, 0.25) is 0 Å². The molecule has 1 aromatic rings. The lowest BCUT2D eigenvalue weighted by Crippen LogP contribution is -2.36. The van der Waals surface area contributed by atoms with Gasteiger partial charge >= 0.3 is 0 Å². The molecule has 0 bridgehead atoms. The minimum atomic E-state index is -0.264. The Labute approximate surface area is 133 Å². The van der Waals surface area contributed by atoms with Crippen LogP contribution in [0.4, 0.5) is 0 Å². The first-order valence-corrected chi connectivity index (χ1v) is 8.71. The summed E-state index contributed by atoms with van der Waals surface area (Å²) in [5.74, 6) is 1.19. The molecule has 1 unspecified atom stereocenters. The van der Waals surface area contributed by atoms with E-state index in [1.165, 1.54) is 42.9 Å². The summed E-state index contributed by atoms with van der Waals surface area (Å²) in [6.45, 7) is 1.26. The molecule has 0 radical (unpaired) electrons. The fourth-order valence-corrected chi connectivity index (χ4v) is 3.87. The minimum Gasteiger partial charge on any atom is -0.352 e. The maximum Gasteiger partial charge on any atom is 0.183 e. The Morgan fingerprint density at radius 3 is 2.52 bits per heavy atom. The Hall–Kier alpha value is -0.550. The molecule has 0 aromatic heterocycles. The number of likely N-dealkylation sites (tertiary alicyclic amines) is 1. The summed E-state index contributed by atoms with van der Waals surface area (Å²) in [6, 6.07) is 9.28. The zero-order valence-electron chi connectivity index (χ0n) is 13.4. The van der Waals surface area contributed by atoms with Crippen LogP contribution in [-0.2, 0) is 9.47 Å². The van der Waals surface area contributed by atoms with Gasteiger partial charge in [0.1, 0.15) is 0 Å². The molecular weight excluding hydrogens is 282 g/mol. The molecule has 1 aliphatic rings. The first-order valence-electron chi connectivity index (χ1n) is 7.73. The van der Waals surface area contributed by atoms with Gasteiger partial charge in [-0.2, -0.15) is 0 Å². The van der Waals surface area contributed by atoms with Crippen LogP contribution in [0.15, 0.2) is 29.2 Å². The Morgan fingerprint density at radius 1 is 1.19 bits per heavy atom. The Kier molecular flexibility index (Phi) is 7.04. The molecule has 0 aliphatic carbocycles. The first-order chi connectivity index (χ1) is 10.2. The van der Waals surface area contributed by atoms with E-state index in [0.29, 0.717) is 0 Å². The Balaban J connectivity index is 1.78. The second-order valence-corrected chi connectivity index (χ2v) is 6.81. The van der Waals surface area contributed by atoms with Gasteiger partial charge in [0.05, 0.1) is 0 Å². The van der Waals surface area contributed by atoms with E-state index in [2.05, 4.69) is 36.2 Å². The summed E-state index contributed by atoms with van der Waals surface area (Å²) < 4.78 is 10.5. The average Bonchev–Trinajstić information content (AvgIpc) is 2.52. The molecule has 0 N–H and O–H groups in total. The first kappa shape index (κ1) is 16.8. The summed E-state index contributed by atoms with van der Waals surface area (Å²) in [6.07, 6.45) is 5.13. The van der Waals surface area contributed by atoms with Gasteiger partial charge in [-0.25, -0.2) is 0 Å². The van der Waals surface area contributed by atoms with Crippen molar-refractivity contribution >= 4 is 11.8 Å². The highest BCUT2D eigenvalue weighted by Gasteiger charge is 2.18. The van der Waals surface area contributed by atoms with Crippen molar-refractivity contribution in [1.82, 2.24) is 4.90 Å². The Bertz CT molecular complexity index is 406. The molecule has 1 aromatic carbocycles. The largest absolute Gasteiger partial charge is 0.352 e. The summed E-state index contributed by atoms with van der Waals surface area (Å²) >= 11 is 1.94. The lowest BCUT2D eigenvalue weighted by molar-refractivity contribution is -0.106. The maximum absolute atomic E-state index is 5.26. The van der Waals surface area contributed by atoms with Crippen LogP contribution in [0, 0.1) is 0 Å². The lowest BCUT2D eigenvalue weighted by atomic mass is 10.0. The number of piperidine rings is 1. The highest BCUT2D eigenvalue weighted by Crippen LogP contribution is 2.25. The van der Waals surface area contributed by atoms with E-state index in [4.69, 9.17) is 9.47 Å². The van der Waals surface area contributed by atoms with Crippen molar-refractivity contribution in [3.05, 3.63) is 29.8 Å². The monoisotopic (exact) mass is 309 g/mol. The van der Waals surface area contributed by atoms with Gasteiger partial charge in [-0.1, -0.05) is 18.6 Å². The van der Waals surface area contributed by atoms with Gasteiger partial charge in [0.25, 0.3) is 0 Å². The molecule has 2 rings (SSSR count). The molecule has 1 saturated heterocycles. The van der Waals surface area contributed by atoms with Crippen LogP contribution in [0.3, 0.4) is 0 Å². The van der Waals surface area contributed by atoms with Gasteiger partial charge in [-0.3, -0.25) is 0 Å². The van der Waals surface area contributed by atoms with Gasteiger partial charge in [0, 0.05) is 30.7 Å². The van der Waals surface area contributed by atoms with Crippen LogP contribution in [0.2, 0.25) is 0 Å². The van der Waals surface area contributed by atoms with Crippen LogP contribution in [0.5, 0.6) is 0 Å². The number of hydrogen-bond donors (Lipinski definition) is 0. The number of rotatable bonds is 7. The van der Waals surface area contributed by atoms with E-state index in [1.807, 2.05) is 11.8 Å². The van der Waals surface area contributed by atoms with Crippen LogP contribution < -0.4 is 0 Å². The van der Waals surface area contributed by atoms with Crippen molar-refractivity contribution in [2.24, 2.45) is 0 Å². The molecule has 3 nitrogen and oxygen atoms in total. The van der Waals surface area contributed by atoms with Gasteiger partial charge < -0.3 is 14.4 Å². The van der Waals surface area contributed by atoms with Crippen LogP contribution in [0.1, 0.15) is 37.5 Å². The summed E-state index contributed by atoms with van der Waals surface area (Å²) in [5, 5.41) is 0. The topological polar surface area (TPSA) is 21.7 Å². The fourth-order valence-electron chi connectivity index (χ4n) is 2.91. The van der Waals surface area contributed by atoms with Crippen molar-refractivity contribution in [2.75, 3.05) is 33.6 Å². The molecule has 4 heteroatoms. The molecule has 0 amide bonds. The molecule has 1 atom stereocenters. The second-order valence-electron chi connectivity index (χ2n) is 5.64. The number of benzene rings is 1. The highest BCUT2D eigenvalue weighted by atomic mass is 32.2. The molecule has 1 aliphatic heterocycles. The number of thioether (sulfide) groups is 1. The molecule has 0 spiro atoms. The zero-order valence-corrected chi connectivity index (χ0v) is 14.2. The third-order valence-corrected chi connectivity index (χ3v) is 5.27. The highest BCUT2D eigenvalue weighted by molar-refractivity contribution is 7.99. The molecule has 118 valence electrons. The van der Waals surface area contributed by atoms with Crippen molar-refractivity contribution in [1.29, 1.82) is 0 Å². The van der Waals surface area contributed by atoms with E-state index in [-0.39, 0.29) is 6.29 Å². The third kappa shape index (κ3) is 4.99. The lowest BCUT2D eigenvalue weighted by Gasteiger charge is -2.32. The number of hydrogen-bond acceptors (Lipinski definition) is 4. The second kappa shape index (κ2) is 8.79. The molecule has 1 heterocycles. The molecule has 0 saturated carbocycles. The number of ether oxygens (including phenoxy) is 2. The van der Waals surface area contributed by atoms with E-state index in [1.54, 1.807) is 14.2 Å². The smallest absolute Gasteiger partial charge is 0.183 e. The fraction of sp³-hybridized carbons (Fsp3) is 0.647. The van der Waals surface area contributed by atoms with E-state index < -0.39 is 0 Å². The van der Waals surface area contributed by atoms with E-state index in [9.17, 15) is 0 Å². The predicted molar refractivity (Wildman–Crippen MR) is 88.8 cm³/mol. The number of nitrogens with zero attached hydrogens (tertiary/aromatic N) is 1. The summed E-state index contributed by atoms with van der Waals surface area (Å²) in [7, 11) is 5.59. The van der Waals surface area contributed by atoms with Gasteiger partial charge in [-0.05, 0) is 50.7 Å². The maximum atomic E-state index is 5.26. The van der Waals surface area contributed by atoms with Crippen LogP contribution >= 0.6 is 11.8 Å². The van der Waals surface area contributed by atoms with E-state index in [0.717, 1.165) is 11.6 Å². The molecular formula is C17H27NO2S. The van der Waals surface area contributed by atoms with Crippen molar-refractivity contribution < 1.29 is 9.47 Å². The zero-order chi connectivity index (χ0) is 15.1. The molecule has 21 heavy (non-hydrogen) atoms. The number of methoxy groups -OCH3 is 2. The summed E-state index contributed by atoms with van der Waals surface area (Å²) in [5.41, 5.74) is 1.07.